The number of thioether (sulfide) groups is 1. The number of hydrogen-bond donors (Lipinski definition) is 1. The molecule has 1 aromatic carbocycles. The lowest BCUT2D eigenvalue weighted by Crippen LogP contribution is -2.36. The van der Waals surface area contributed by atoms with E-state index in [2.05, 4.69) is 67.0 Å². The average Bonchev–Trinajstić information content (AvgIpc) is 2.37. The fourth-order valence-corrected chi connectivity index (χ4v) is 3.53. The van der Waals surface area contributed by atoms with E-state index in [1.807, 2.05) is 0 Å². The first-order chi connectivity index (χ1) is 9.13. The third-order valence-corrected chi connectivity index (χ3v) is 4.57. The minimum atomic E-state index is 0.545. The van der Waals surface area contributed by atoms with Crippen LogP contribution in [0.5, 0.6) is 0 Å². The molecule has 1 aromatic rings. The van der Waals surface area contributed by atoms with Gasteiger partial charge in [-0.25, -0.2) is 0 Å². The van der Waals surface area contributed by atoms with Crippen LogP contribution in [0.2, 0.25) is 0 Å². The van der Waals surface area contributed by atoms with E-state index < -0.39 is 0 Å². The number of nitrogens with zero attached hydrogens (tertiary/aromatic N) is 1. The van der Waals surface area contributed by atoms with E-state index in [1.54, 1.807) is 0 Å². The van der Waals surface area contributed by atoms with Crippen molar-refractivity contribution in [2.45, 2.75) is 45.2 Å². The van der Waals surface area contributed by atoms with Gasteiger partial charge in [-0.3, -0.25) is 4.90 Å². The van der Waals surface area contributed by atoms with E-state index >= 15 is 0 Å². The normalized spacial score (nSPS) is 20.9. The van der Waals surface area contributed by atoms with Crippen molar-refractivity contribution in [2.24, 2.45) is 0 Å². The topological polar surface area (TPSA) is 15.3 Å². The van der Waals surface area contributed by atoms with Crippen LogP contribution in [0.15, 0.2) is 24.3 Å². The van der Waals surface area contributed by atoms with Crippen LogP contribution < -0.4 is 5.32 Å². The maximum Gasteiger partial charge on any atom is 0.0234 e. The quantitative estimate of drug-likeness (QED) is 0.891. The fourth-order valence-electron chi connectivity index (χ4n) is 2.45. The van der Waals surface area contributed by atoms with Gasteiger partial charge in [0.05, 0.1) is 0 Å². The third-order valence-electron chi connectivity index (χ3n) is 3.44. The zero-order valence-corrected chi connectivity index (χ0v) is 13.2. The number of hydrogen-bond acceptors (Lipinski definition) is 3. The van der Waals surface area contributed by atoms with Crippen LogP contribution in [0.4, 0.5) is 0 Å². The molecule has 0 saturated carbocycles. The summed E-state index contributed by atoms with van der Waals surface area (Å²) >= 11 is 2.10. The number of nitrogens with one attached hydrogen (secondary N) is 1. The molecule has 1 aliphatic rings. The molecule has 1 aliphatic heterocycles. The monoisotopic (exact) mass is 278 g/mol. The van der Waals surface area contributed by atoms with Gasteiger partial charge in [0.2, 0.25) is 0 Å². The maximum absolute atomic E-state index is 3.48. The highest BCUT2D eigenvalue weighted by Crippen LogP contribution is 2.19. The van der Waals surface area contributed by atoms with Crippen molar-refractivity contribution in [1.29, 1.82) is 0 Å². The Kier molecular flexibility index (Phi) is 5.74. The Hall–Kier alpha value is -0.510. The first kappa shape index (κ1) is 14.9. The fraction of sp³-hybridized carbons (Fsp3) is 0.625. The van der Waals surface area contributed by atoms with E-state index in [1.165, 1.54) is 30.0 Å². The van der Waals surface area contributed by atoms with E-state index in [9.17, 15) is 0 Å². The molecule has 0 spiro atoms. The Bertz CT molecular complexity index is 392. The van der Waals surface area contributed by atoms with Gasteiger partial charge in [-0.05, 0) is 11.1 Å². The number of rotatable bonds is 5. The molecule has 2 nitrogen and oxygen atoms in total. The molecule has 1 heterocycles. The Balaban J connectivity index is 1.90. The standard InChI is InChI=1S/C16H26N2S/c1-13(2)17-10-15-5-4-6-16(9-15)12-18-7-8-19-14(3)11-18/h4-6,9,13-14,17H,7-8,10-12H2,1-3H3. The summed E-state index contributed by atoms with van der Waals surface area (Å²) in [5.74, 6) is 1.27. The molecular formula is C16H26N2S. The molecule has 1 N–H and O–H groups in total. The second-order valence-electron chi connectivity index (χ2n) is 5.77. The number of benzene rings is 1. The van der Waals surface area contributed by atoms with E-state index in [4.69, 9.17) is 0 Å². The van der Waals surface area contributed by atoms with Crippen molar-refractivity contribution in [3.8, 4) is 0 Å². The molecule has 3 heteroatoms. The van der Waals surface area contributed by atoms with Crippen molar-refractivity contribution in [1.82, 2.24) is 10.2 Å². The average molecular weight is 278 g/mol. The van der Waals surface area contributed by atoms with E-state index in [-0.39, 0.29) is 0 Å². The summed E-state index contributed by atoms with van der Waals surface area (Å²) in [5, 5.41) is 4.26. The molecule has 1 unspecified atom stereocenters. The highest BCUT2D eigenvalue weighted by atomic mass is 32.2. The van der Waals surface area contributed by atoms with Crippen LogP contribution in [0, 0.1) is 0 Å². The van der Waals surface area contributed by atoms with Gasteiger partial charge in [0.25, 0.3) is 0 Å². The zero-order valence-electron chi connectivity index (χ0n) is 12.4. The summed E-state index contributed by atoms with van der Waals surface area (Å²) in [6, 6.07) is 9.55. The molecule has 0 amide bonds. The van der Waals surface area contributed by atoms with Crippen LogP contribution in [0.25, 0.3) is 0 Å². The predicted molar refractivity (Wildman–Crippen MR) is 85.6 cm³/mol. The van der Waals surface area contributed by atoms with Gasteiger partial charge in [0, 0.05) is 43.2 Å². The Morgan fingerprint density at radius 2 is 2.16 bits per heavy atom. The van der Waals surface area contributed by atoms with Crippen LogP contribution in [-0.2, 0) is 13.1 Å². The first-order valence-corrected chi connectivity index (χ1v) is 8.33. The van der Waals surface area contributed by atoms with Crippen molar-refractivity contribution < 1.29 is 0 Å². The lowest BCUT2D eigenvalue weighted by molar-refractivity contribution is 0.278. The van der Waals surface area contributed by atoms with E-state index in [0.717, 1.165) is 18.3 Å². The first-order valence-electron chi connectivity index (χ1n) is 7.28. The lowest BCUT2D eigenvalue weighted by atomic mass is 10.1. The van der Waals surface area contributed by atoms with E-state index in [0.29, 0.717) is 6.04 Å². The predicted octanol–water partition coefficient (Wildman–Crippen LogP) is 3.12. The summed E-state index contributed by atoms with van der Waals surface area (Å²) in [6.07, 6.45) is 0. The molecule has 0 aliphatic carbocycles. The van der Waals surface area contributed by atoms with Crippen LogP contribution >= 0.6 is 11.8 Å². The van der Waals surface area contributed by atoms with Crippen molar-refractivity contribution >= 4 is 11.8 Å². The van der Waals surface area contributed by atoms with Crippen molar-refractivity contribution in [3.63, 3.8) is 0 Å². The molecule has 1 atom stereocenters. The molecule has 1 saturated heterocycles. The highest BCUT2D eigenvalue weighted by Gasteiger charge is 2.16. The second kappa shape index (κ2) is 7.32. The smallest absolute Gasteiger partial charge is 0.0234 e. The van der Waals surface area contributed by atoms with Crippen LogP contribution in [0.3, 0.4) is 0 Å². The Morgan fingerprint density at radius 1 is 1.37 bits per heavy atom. The highest BCUT2D eigenvalue weighted by molar-refractivity contribution is 7.99. The van der Waals surface area contributed by atoms with Gasteiger partial charge in [-0.1, -0.05) is 45.0 Å². The molecule has 106 valence electrons. The maximum atomic E-state index is 3.48. The largest absolute Gasteiger partial charge is 0.310 e. The molecule has 0 bridgehead atoms. The molecule has 0 aromatic heterocycles. The molecule has 2 rings (SSSR count). The van der Waals surface area contributed by atoms with Crippen LogP contribution in [0.1, 0.15) is 31.9 Å². The van der Waals surface area contributed by atoms with Gasteiger partial charge in [-0.2, -0.15) is 11.8 Å². The third kappa shape index (κ3) is 5.17. The Morgan fingerprint density at radius 3 is 2.89 bits per heavy atom. The van der Waals surface area contributed by atoms with Gasteiger partial charge in [0.1, 0.15) is 0 Å². The molecule has 0 radical (unpaired) electrons. The summed E-state index contributed by atoms with van der Waals surface area (Å²) in [4.78, 5) is 2.58. The lowest BCUT2D eigenvalue weighted by Gasteiger charge is -2.30. The van der Waals surface area contributed by atoms with Crippen LogP contribution in [-0.4, -0.2) is 35.0 Å². The summed E-state index contributed by atoms with van der Waals surface area (Å²) < 4.78 is 0. The SMILES string of the molecule is CC(C)NCc1cccc(CN2CCSC(C)C2)c1. The molecule has 19 heavy (non-hydrogen) atoms. The molecular weight excluding hydrogens is 252 g/mol. The zero-order chi connectivity index (χ0) is 13.7. The minimum Gasteiger partial charge on any atom is -0.310 e. The van der Waals surface area contributed by atoms with Gasteiger partial charge >= 0.3 is 0 Å². The van der Waals surface area contributed by atoms with Gasteiger partial charge in [0.15, 0.2) is 0 Å². The summed E-state index contributed by atoms with van der Waals surface area (Å²) in [5.41, 5.74) is 2.84. The van der Waals surface area contributed by atoms with Gasteiger partial charge < -0.3 is 5.32 Å². The van der Waals surface area contributed by atoms with Crippen molar-refractivity contribution in [3.05, 3.63) is 35.4 Å². The minimum absolute atomic E-state index is 0.545. The Labute approximate surface area is 122 Å². The summed E-state index contributed by atoms with van der Waals surface area (Å²) in [7, 11) is 0. The summed E-state index contributed by atoms with van der Waals surface area (Å²) in [6.45, 7) is 11.2. The van der Waals surface area contributed by atoms with Crippen molar-refractivity contribution in [2.75, 3.05) is 18.8 Å². The van der Waals surface area contributed by atoms with Gasteiger partial charge in [-0.15, -0.1) is 0 Å². The molecule has 1 fully saturated rings. The second-order valence-corrected chi connectivity index (χ2v) is 7.32.